The molecule has 2 aromatic carbocycles. The topological polar surface area (TPSA) is 85.3 Å². The van der Waals surface area contributed by atoms with Crippen LogP contribution in [0.5, 0.6) is 0 Å². The summed E-state index contributed by atoms with van der Waals surface area (Å²) in [5.41, 5.74) is 8.42. The highest BCUT2D eigenvalue weighted by Gasteiger charge is 2.33. The van der Waals surface area contributed by atoms with Crippen molar-refractivity contribution in [2.45, 2.75) is 31.8 Å². The highest BCUT2D eigenvalue weighted by molar-refractivity contribution is 9.10. The molecule has 0 bridgehead atoms. The molecule has 1 aromatic heterocycles. The minimum absolute atomic E-state index is 0.121. The maximum Gasteiger partial charge on any atom is 0.248 e. The summed E-state index contributed by atoms with van der Waals surface area (Å²) in [5.74, 6) is 0.444. The number of nitrogens with zero attached hydrogens (tertiary/aromatic N) is 3. The summed E-state index contributed by atoms with van der Waals surface area (Å²) < 4.78 is 6.81. The van der Waals surface area contributed by atoms with Crippen LogP contribution in [0.25, 0.3) is 11.5 Å². The van der Waals surface area contributed by atoms with E-state index in [0.29, 0.717) is 24.7 Å². The number of halogens is 1. The second-order valence-corrected chi connectivity index (χ2v) is 7.56. The Labute approximate surface area is 165 Å². The SMILES string of the molecule is C[C@@H]1C[C@@H](C(N)=O)c2ccccc2N1Cc1nnc(-c2ccccc2Br)o1. The van der Waals surface area contributed by atoms with E-state index in [4.69, 9.17) is 10.2 Å². The molecule has 138 valence electrons. The largest absolute Gasteiger partial charge is 0.419 e. The molecule has 0 radical (unpaired) electrons. The molecule has 2 N–H and O–H groups in total. The highest BCUT2D eigenvalue weighted by atomic mass is 79.9. The van der Waals surface area contributed by atoms with Crippen LogP contribution in [-0.2, 0) is 11.3 Å². The molecular weight excluding hydrogens is 408 g/mol. The fourth-order valence-corrected chi connectivity index (χ4v) is 4.05. The van der Waals surface area contributed by atoms with E-state index in [-0.39, 0.29) is 17.9 Å². The molecule has 0 fully saturated rings. The smallest absolute Gasteiger partial charge is 0.248 e. The minimum atomic E-state index is -0.289. The minimum Gasteiger partial charge on any atom is -0.419 e. The third kappa shape index (κ3) is 3.35. The Morgan fingerprint density at radius 3 is 2.74 bits per heavy atom. The lowest BCUT2D eigenvalue weighted by atomic mass is 9.85. The Morgan fingerprint density at radius 2 is 1.96 bits per heavy atom. The van der Waals surface area contributed by atoms with Gasteiger partial charge in [-0.3, -0.25) is 4.79 Å². The molecule has 1 aliphatic rings. The molecule has 2 heterocycles. The van der Waals surface area contributed by atoms with Gasteiger partial charge in [-0.25, -0.2) is 0 Å². The van der Waals surface area contributed by atoms with Crippen molar-refractivity contribution in [2.75, 3.05) is 4.90 Å². The molecule has 0 saturated carbocycles. The van der Waals surface area contributed by atoms with Gasteiger partial charge in [0, 0.05) is 16.2 Å². The fraction of sp³-hybridized carbons (Fsp3) is 0.250. The van der Waals surface area contributed by atoms with Crippen LogP contribution in [-0.4, -0.2) is 22.1 Å². The second-order valence-electron chi connectivity index (χ2n) is 6.71. The van der Waals surface area contributed by atoms with Crippen LogP contribution in [0, 0.1) is 0 Å². The molecule has 0 aliphatic carbocycles. The van der Waals surface area contributed by atoms with E-state index in [9.17, 15) is 4.79 Å². The quantitative estimate of drug-likeness (QED) is 0.684. The summed E-state index contributed by atoms with van der Waals surface area (Å²) in [4.78, 5) is 14.1. The van der Waals surface area contributed by atoms with E-state index in [2.05, 4.69) is 38.0 Å². The number of aromatic nitrogens is 2. The second kappa shape index (κ2) is 7.15. The predicted molar refractivity (Wildman–Crippen MR) is 106 cm³/mol. The summed E-state index contributed by atoms with van der Waals surface area (Å²) in [6.07, 6.45) is 0.664. The number of anilines is 1. The zero-order valence-corrected chi connectivity index (χ0v) is 16.4. The molecule has 2 atom stereocenters. The lowest BCUT2D eigenvalue weighted by molar-refractivity contribution is -0.119. The number of hydrogen-bond donors (Lipinski definition) is 1. The van der Waals surface area contributed by atoms with Gasteiger partial charge in [-0.1, -0.05) is 30.3 Å². The molecule has 0 saturated heterocycles. The molecule has 0 spiro atoms. The number of fused-ring (bicyclic) bond motifs is 1. The van der Waals surface area contributed by atoms with Crippen LogP contribution in [0.2, 0.25) is 0 Å². The molecule has 1 aliphatic heterocycles. The predicted octanol–water partition coefficient (Wildman–Crippen LogP) is 3.87. The zero-order valence-electron chi connectivity index (χ0n) is 14.8. The maximum absolute atomic E-state index is 11.9. The molecule has 6 nitrogen and oxygen atoms in total. The van der Waals surface area contributed by atoms with E-state index in [1.54, 1.807) is 0 Å². The van der Waals surface area contributed by atoms with Crippen LogP contribution < -0.4 is 10.6 Å². The van der Waals surface area contributed by atoms with E-state index in [0.717, 1.165) is 21.3 Å². The third-order valence-electron chi connectivity index (χ3n) is 4.95. The number of benzene rings is 2. The maximum atomic E-state index is 11.9. The van der Waals surface area contributed by atoms with Crippen LogP contribution >= 0.6 is 15.9 Å². The Hall–Kier alpha value is -2.67. The molecule has 3 aromatic rings. The summed E-state index contributed by atoms with van der Waals surface area (Å²) in [7, 11) is 0. The molecule has 27 heavy (non-hydrogen) atoms. The van der Waals surface area contributed by atoms with Crippen molar-refractivity contribution in [3.8, 4) is 11.5 Å². The number of hydrogen-bond acceptors (Lipinski definition) is 5. The monoisotopic (exact) mass is 426 g/mol. The van der Waals surface area contributed by atoms with Gasteiger partial charge in [0.25, 0.3) is 0 Å². The molecule has 4 rings (SSSR count). The average Bonchev–Trinajstić information content (AvgIpc) is 3.12. The number of rotatable bonds is 4. The van der Waals surface area contributed by atoms with Gasteiger partial charge in [0.15, 0.2) is 0 Å². The third-order valence-corrected chi connectivity index (χ3v) is 5.64. The van der Waals surface area contributed by atoms with Crippen molar-refractivity contribution in [2.24, 2.45) is 5.73 Å². The zero-order chi connectivity index (χ0) is 19.0. The van der Waals surface area contributed by atoms with Gasteiger partial charge in [-0.2, -0.15) is 0 Å². The molecule has 1 amide bonds. The van der Waals surface area contributed by atoms with Gasteiger partial charge in [-0.15, -0.1) is 10.2 Å². The van der Waals surface area contributed by atoms with E-state index < -0.39 is 0 Å². The van der Waals surface area contributed by atoms with Crippen molar-refractivity contribution in [3.05, 3.63) is 64.5 Å². The number of nitrogens with two attached hydrogens (primary N) is 1. The summed E-state index contributed by atoms with van der Waals surface area (Å²) in [6.45, 7) is 2.55. The van der Waals surface area contributed by atoms with Gasteiger partial charge < -0.3 is 15.1 Å². The van der Waals surface area contributed by atoms with Crippen molar-refractivity contribution in [1.82, 2.24) is 10.2 Å². The van der Waals surface area contributed by atoms with Gasteiger partial charge in [0.05, 0.1) is 18.0 Å². The standard InChI is InChI=1S/C20H19BrN4O2/c1-12-10-15(19(22)26)13-6-3-5-9-17(13)25(12)11-18-23-24-20(27-18)14-7-2-4-8-16(14)21/h2-9,12,15H,10-11H2,1H3,(H2,22,26)/t12-,15-/m1/s1. The van der Waals surface area contributed by atoms with Crippen LogP contribution in [0.1, 0.15) is 30.7 Å². The summed E-state index contributed by atoms with van der Waals surface area (Å²) in [6, 6.07) is 15.7. The normalized spacial score (nSPS) is 19.0. The van der Waals surface area contributed by atoms with Crippen LogP contribution in [0.3, 0.4) is 0 Å². The van der Waals surface area contributed by atoms with Gasteiger partial charge in [0.1, 0.15) is 0 Å². The lowest BCUT2D eigenvalue weighted by Crippen LogP contribution is -2.41. The first-order valence-electron chi connectivity index (χ1n) is 8.76. The van der Waals surface area contributed by atoms with Gasteiger partial charge in [0.2, 0.25) is 17.7 Å². The molecular formula is C20H19BrN4O2. The first-order valence-corrected chi connectivity index (χ1v) is 9.56. The van der Waals surface area contributed by atoms with Crippen molar-refractivity contribution < 1.29 is 9.21 Å². The van der Waals surface area contributed by atoms with Gasteiger partial charge in [-0.05, 0) is 53.0 Å². The lowest BCUT2D eigenvalue weighted by Gasteiger charge is -2.39. The number of amides is 1. The van der Waals surface area contributed by atoms with Crippen molar-refractivity contribution in [3.63, 3.8) is 0 Å². The van der Waals surface area contributed by atoms with E-state index >= 15 is 0 Å². The highest BCUT2D eigenvalue weighted by Crippen LogP contribution is 2.39. The Morgan fingerprint density at radius 1 is 1.22 bits per heavy atom. The number of carbonyl (C=O) groups excluding carboxylic acids is 1. The molecule has 0 unspecified atom stereocenters. The molecule has 7 heteroatoms. The number of primary amides is 1. The fourth-order valence-electron chi connectivity index (χ4n) is 3.59. The number of carbonyl (C=O) groups is 1. The first-order chi connectivity index (χ1) is 13.0. The van der Waals surface area contributed by atoms with E-state index in [1.807, 2.05) is 48.5 Å². The van der Waals surface area contributed by atoms with Gasteiger partial charge >= 0.3 is 0 Å². The van der Waals surface area contributed by atoms with Crippen LogP contribution in [0.4, 0.5) is 5.69 Å². The Balaban J connectivity index is 1.64. The Bertz CT molecular complexity index is 987. The summed E-state index contributed by atoms with van der Waals surface area (Å²) >= 11 is 3.51. The number of para-hydroxylation sites is 1. The summed E-state index contributed by atoms with van der Waals surface area (Å²) in [5, 5.41) is 8.41. The van der Waals surface area contributed by atoms with Crippen LogP contribution in [0.15, 0.2) is 57.4 Å². The van der Waals surface area contributed by atoms with Crippen molar-refractivity contribution >= 4 is 27.5 Å². The Kier molecular flexibility index (Phi) is 4.70. The average molecular weight is 427 g/mol. The van der Waals surface area contributed by atoms with E-state index in [1.165, 1.54) is 0 Å². The first kappa shape index (κ1) is 17.7. The van der Waals surface area contributed by atoms with Crippen molar-refractivity contribution in [1.29, 1.82) is 0 Å².